The molecular formula is C25H34FN4O9P. The zero-order valence-electron chi connectivity index (χ0n) is 22.1. The first-order chi connectivity index (χ1) is 18.8. The zero-order valence-corrected chi connectivity index (χ0v) is 23.0. The number of hydrogen-bond donors (Lipinski definition) is 4. The van der Waals surface area contributed by atoms with Crippen molar-refractivity contribution < 1.29 is 42.5 Å². The van der Waals surface area contributed by atoms with E-state index in [1.807, 2.05) is 0 Å². The van der Waals surface area contributed by atoms with Gasteiger partial charge in [0.1, 0.15) is 42.0 Å². The van der Waals surface area contributed by atoms with Gasteiger partial charge in [-0.05, 0) is 57.7 Å². The molecule has 1 aliphatic carbocycles. The molecule has 1 aromatic heterocycles. The summed E-state index contributed by atoms with van der Waals surface area (Å²) in [6.07, 6.45) is 1.21. The lowest BCUT2D eigenvalue weighted by molar-refractivity contribution is -0.204. The standard InChI is InChI=1S/C25H34FN4O9P/c1-16(20(31)37-17-9-5-3-6-10-17)29-40(35,39-18-11-7-4-8-12-18)36-15-25(26)21(32)24(2,34)22(38-25)30-14-13-19(27)28-23(30)33/h4,7-8,11-14,16-17,21-22,32,34H,3,5-6,9-10,15H2,1-2H3,(H,29,35)(H2,27,28,33)/t16-,21-,22+,24+,25+,40?/m0/s1. The molecule has 0 radical (unpaired) electrons. The summed E-state index contributed by atoms with van der Waals surface area (Å²) in [5, 5.41) is 24.0. The third kappa shape index (κ3) is 6.70. The predicted octanol–water partition coefficient (Wildman–Crippen LogP) is 2.19. The summed E-state index contributed by atoms with van der Waals surface area (Å²) in [7, 11) is -4.54. The number of alkyl halides is 1. The van der Waals surface area contributed by atoms with Crippen molar-refractivity contribution in [2.24, 2.45) is 0 Å². The van der Waals surface area contributed by atoms with Gasteiger partial charge in [0.15, 0.2) is 6.23 Å². The van der Waals surface area contributed by atoms with Gasteiger partial charge in [0.25, 0.3) is 5.85 Å². The summed E-state index contributed by atoms with van der Waals surface area (Å²) in [5.41, 5.74) is 2.17. The number of para-hydroxylation sites is 1. The van der Waals surface area contributed by atoms with Crippen LogP contribution in [0, 0.1) is 0 Å². The number of hydrogen-bond acceptors (Lipinski definition) is 11. The first-order valence-electron chi connectivity index (χ1n) is 12.9. The van der Waals surface area contributed by atoms with E-state index in [2.05, 4.69) is 10.1 Å². The fraction of sp³-hybridized carbons (Fsp3) is 0.560. The van der Waals surface area contributed by atoms with Crippen LogP contribution in [0.15, 0.2) is 47.4 Å². The molecule has 1 aliphatic heterocycles. The predicted molar refractivity (Wildman–Crippen MR) is 140 cm³/mol. The highest BCUT2D eigenvalue weighted by molar-refractivity contribution is 7.52. The largest absolute Gasteiger partial charge is 0.461 e. The number of benzene rings is 1. The van der Waals surface area contributed by atoms with E-state index in [0.717, 1.165) is 49.8 Å². The number of rotatable bonds is 10. The third-order valence-electron chi connectivity index (χ3n) is 6.81. The second kappa shape index (κ2) is 11.9. The number of anilines is 1. The highest BCUT2D eigenvalue weighted by Gasteiger charge is 2.64. The summed E-state index contributed by atoms with van der Waals surface area (Å²) in [6.45, 7) is 1.22. The molecule has 2 heterocycles. The fourth-order valence-electron chi connectivity index (χ4n) is 4.62. The van der Waals surface area contributed by atoms with E-state index >= 15 is 4.39 Å². The van der Waals surface area contributed by atoms with Gasteiger partial charge in [-0.1, -0.05) is 24.6 Å². The highest BCUT2D eigenvalue weighted by Crippen LogP contribution is 2.50. The van der Waals surface area contributed by atoms with E-state index < -0.39 is 55.8 Å². The molecule has 40 heavy (non-hydrogen) atoms. The molecule has 4 rings (SSSR count). The number of nitrogen functional groups attached to an aromatic ring is 1. The molecule has 1 saturated heterocycles. The molecule has 5 N–H and O–H groups in total. The van der Waals surface area contributed by atoms with E-state index in [9.17, 15) is 24.4 Å². The smallest absolute Gasteiger partial charge is 0.459 e. The maximum atomic E-state index is 16.0. The van der Waals surface area contributed by atoms with E-state index in [1.54, 1.807) is 18.2 Å². The van der Waals surface area contributed by atoms with Crippen LogP contribution >= 0.6 is 7.75 Å². The first-order valence-corrected chi connectivity index (χ1v) is 14.5. The number of aliphatic hydroxyl groups is 2. The third-order valence-corrected chi connectivity index (χ3v) is 8.44. The monoisotopic (exact) mass is 584 g/mol. The van der Waals surface area contributed by atoms with Gasteiger partial charge in [-0.2, -0.15) is 10.1 Å². The average Bonchev–Trinajstić information content (AvgIpc) is 3.09. The number of ether oxygens (including phenoxy) is 2. The van der Waals surface area contributed by atoms with Gasteiger partial charge >= 0.3 is 19.4 Å². The molecule has 2 aromatic rings. The van der Waals surface area contributed by atoms with Crippen LogP contribution in [-0.4, -0.2) is 62.0 Å². The Kier molecular flexibility index (Phi) is 8.98. The molecule has 1 unspecified atom stereocenters. The number of carbonyl (C=O) groups is 1. The molecule has 13 nitrogen and oxygen atoms in total. The number of aliphatic hydroxyl groups excluding tert-OH is 1. The normalized spacial score (nSPS) is 29.4. The average molecular weight is 585 g/mol. The fourth-order valence-corrected chi connectivity index (χ4v) is 6.12. The molecule has 6 atom stereocenters. The minimum atomic E-state index is -4.54. The molecule has 220 valence electrons. The number of esters is 1. The number of aromatic nitrogens is 2. The molecule has 0 bridgehead atoms. The van der Waals surface area contributed by atoms with Gasteiger partial charge in [0.05, 0.1) is 0 Å². The van der Waals surface area contributed by atoms with Crippen LogP contribution < -0.4 is 21.0 Å². The number of carbonyl (C=O) groups excluding carboxylic acids is 1. The topological polar surface area (TPSA) is 184 Å². The summed E-state index contributed by atoms with van der Waals surface area (Å²) in [4.78, 5) is 28.5. The van der Waals surface area contributed by atoms with E-state index in [4.69, 9.17) is 24.3 Å². The Hall–Kier alpha value is -2.87. The Labute approximate surface area is 230 Å². The van der Waals surface area contributed by atoms with E-state index in [-0.39, 0.29) is 17.7 Å². The van der Waals surface area contributed by atoms with Crippen molar-refractivity contribution in [3.8, 4) is 5.75 Å². The van der Waals surface area contributed by atoms with Gasteiger partial charge in [-0.25, -0.2) is 13.8 Å². The van der Waals surface area contributed by atoms with Crippen LogP contribution in [0.5, 0.6) is 5.75 Å². The summed E-state index contributed by atoms with van der Waals surface area (Å²) in [5.74, 6) is -3.90. The van der Waals surface area contributed by atoms with Crippen LogP contribution in [0.25, 0.3) is 0 Å². The molecule has 0 spiro atoms. The molecule has 0 amide bonds. The van der Waals surface area contributed by atoms with Crippen molar-refractivity contribution in [2.45, 2.75) is 81.9 Å². The highest BCUT2D eigenvalue weighted by atomic mass is 31.2. The SMILES string of the molecule is C[C@H](NP(=O)(OC[C@@]1(F)O[C@@H](n2ccc(N)nc2=O)[C@](C)(O)[C@@H]1O)Oc1ccccc1)C(=O)OC1CCCCC1. The van der Waals surface area contributed by atoms with Gasteiger partial charge in [-0.15, -0.1) is 0 Å². The maximum absolute atomic E-state index is 16.0. The number of nitrogens with zero attached hydrogens (tertiary/aromatic N) is 2. The van der Waals surface area contributed by atoms with Gasteiger partial charge in [0.2, 0.25) is 0 Å². The van der Waals surface area contributed by atoms with Crippen molar-refractivity contribution in [3.05, 3.63) is 53.1 Å². The van der Waals surface area contributed by atoms with Crippen molar-refractivity contribution in [3.63, 3.8) is 0 Å². The Bertz CT molecular complexity index is 1290. The van der Waals surface area contributed by atoms with Crippen LogP contribution in [0.2, 0.25) is 0 Å². The van der Waals surface area contributed by atoms with Crippen LogP contribution in [-0.2, 0) is 23.4 Å². The van der Waals surface area contributed by atoms with Crippen molar-refractivity contribution >= 4 is 19.5 Å². The Morgan fingerprint density at radius 2 is 1.98 bits per heavy atom. The Morgan fingerprint density at radius 3 is 2.62 bits per heavy atom. The lowest BCUT2D eigenvalue weighted by atomic mass is 9.95. The number of halogens is 1. The molecule has 1 saturated carbocycles. The molecule has 1 aromatic carbocycles. The molecular weight excluding hydrogens is 550 g/mol. The summed E-state index contributed by atoms with van der Waals surface area (Å²) in [6, 6.07) is 7.86. The number of nitrogens with one attached hydrogen (secondary N) is 1. The van der Waals surface area contributed by atoms with E-state index in [0.29, 0.717) is 0 Å². The van der Waals surface area contributed by atoms with Crippen molar-refractivity contribution in [2.75, 3.05) is 12.3 Å². The summed E-state index contributed by atoms with van der Waals surface area (Å²) < 4.78 is 52.2. The minimum absolute atomic E-state index is 0.0800. The Balaban J connectivity index is 1.52. The second-order valence-electron chi connectivity index (χ2n) is 10.1. The quantitative estimate of drug-likeness (QED) is 0.236. The second-order valence-corrected chi connectivity index (χ2v) is 11.8. The van der Waals surface area contributed by atoms with Gasteiger partial charge in [0, 0.05) is 6.20 Å². The summed E-state index contributed by atoms with van der Waals surface area (Å²) >= 11 is 0. The first kappa shape index (κ1) is 30.1. The molecule has 2 aliphatic rings. The van der Waals surface area contributed by atoms with Crippen LogP contribution in [0.4, 0.5) is 10.2 Å². The molecule has 2 fully saturated rings. The van der Waals surface area contributed by atoms with Crippen molar-refractivity contribution in [1.82, 2.24) is 14.6 Å². The lowest BCUT2D eigenvalue weighted by Gasteiger charge is -2.29. The lowest BCUT2D eigenvalue weighted by Crippen LogP contribution is -2.50. The molecule has 15 heteroatoms. The number of nitrogens with two attached hydrogens (primary N) is 1. The van der Waals surface area contributed by atoms with Gasteiger partial charge in [-0.3, -0.25) is 13.9 Å². The van der Waals surface area contributed by atoms with Crippen LogP contribution in [0.3, 0.4) is 0 Å². The van der Waals surface area contributed by atoms with E-state index in [1.165, 1.54) is 25.1 Å². The van der Waals surface area contributed by atoms with Crippen LogP contribution in [0.1, 0.15) is 52.2 Å². The maximum Gasteiger partial charge on any atom is 0.459 e. The van der Waals surface area contributed by atoms with Crippen molar-refractivity contribution in [1.29, 1.82) is 0 Å². The zero-order chi connectivity index (χ0) is 29.1. The Morgan fingerprint density at radius 1 is 1.30 bits per heavy atom. The minimum Gasteiger partial charge on any atom is -0.461 e. The van der Waals surface area contributed by atoms with Gasteiger partial charge < -0.3 is 29.9 Å².